The summed E-state index contributed by atoms with van der Waals surface area (Å²) in [5, 5.41) is 7.96. The lowest BCUT2D eigenvalue weighted by Crippen LogP contribution is -2.37. The van der Waals surface area contributed by atoms with Crippen LogP contribution in [0.4, 0.5) is 5.69 Å². The Bertz CT molecular complexity index is 1010. The van der Waals surface area contributed by atoms with Crippen LogP contribution in [0.15, 0.2) is 47.6 Å². The minimum Gasteiger partial charge on any atom is -0.497 e. The molecule has 0 bridgehead atoms. The van der Waals surface area contributed by atoms with Crippen molar-refractivity contribution in [3.05, 3.63) is 48.0 Å². The monoisotopic (exact) mass is 457 g/mol. The minimum atomic E-state index is -0.439. The SMILES string of the molecule is CCOC(=O)COc1ccc2c(c1)/C(=N/NC(=S)Nc1ccc(OC)cc1)CC(C)(C)O2. The van der Waals surface area contributed by atoms with Crippen molar-refractivity contribution in [3.63, 3.8) is 0 Å². The van der Waals surface area contributed by atoms with Crippen LogP contribution in [0.5, 0.6) is 17.2 Å². The van der Waals surface area contributed by atoms with Crippen molar-refractivity contribution in [2.75, 3.05) is 25.6 Å². The number of hydrazone groups is 1. The highest BCUT2D eigenvalue weighted by Gasteiger charge is 2.31. The van der Waals surface area contributed by atoms with Crippen molar-refractivity contribution < 1.29 is 23.7 Å². The molecule has 0 aliphatic carbocycles. The summed E-state index contributed by atoms with van der Waals surface area (Å²) in [6.07, 6.45) is 0.555. The average molecular weight is 458 g/mol. The van der Waals surface area contributed by atoms with Gasteiger partial charge in [-0.15, -0.1) is 0 Å². The van der Waals surface area contributed by atoms with E-state index in [1.807, 2.05) is 38.1 Å². The summed E-state index contributed by atoms with van der Waals surface area (Å²) in [5.41, 5.74) is 4.80. The maximum Gasteiger partial charge on any atom is 0.344 e. The van der Waals surface area contributed by atoms with Crippen molar-refractivity contribution in [1.29, 1.82) is 0 Å². The molecule has 0 spiro atoms. The molecule has 3 rings (SSSR count). The van der Waals surface area contributed by atoms with Crippen molar-refractivity contribution in [3.8, 4) is 17.2 Å². The summed E-state index contributed by atoms with van der Waals surface area (Å²) >= 11 is 5.37. The van der Waals surface area contributed by atoms with E-state index in [0.717, 1.165) is 22.7 Å². The molecule has 0 amide bonds. The van der Waals surface area contributed by atoms with E-state index in [1.165, 1.54) is 0 Å². The maximum absolute atomic E-state index is 11.6. The fraction of sp³-hybridized carbons (Fsp3) is 0.348. The molecule has 2 aromatic carbocycles. The number of methoxy groups -OCH3 is 1. The van der Waals surface area contributed by atoms with Crippen molar-refractivity contribution >= 4 is 34.7 Å². The fourth-order valence-electron chi connectivity index (χ4n) is 3.14. The fourth-order valence-corrected chi connectivity index (χ4v) is 3.31. The lowest BCUT2D eigenvalue weighted by molar-refractivity contribution is -0.145. The average Bonchev–Trinajstić information content (AvgIpc) is 2.76. The number of benzene rings is 2. The highest BCUT2D eigenvalue weighted by Crippen LogP contribution is 2.35. The largest absolute Gasteiger partial charge is 0.497 e. The molecule has 0 saturated carbocycles. The minimum absolute atomic E-state index is 0.167. The Morgan fingerprint density at radius 1 is 1.19 bits per heavy atom. The number of thiocarbonyl (C=S) groups is 1. The van der Waals surface area contributed by atoms with Crippen molar-refractivity contribution in [2.24, 2.45) is 5.10 Å². The quantitative estimate of drug-likeness (QED) is 0.368. The molecule has 0 saturated heterocycles. The number of fused-ring (bicyclic) bond motifs is 1. The van der Waals surface area contributed by atoms with E-state index < -0.39 is 11.6 Å². The summed E-state index contributed by atoms with van der Waals surface area (Å²) in [5.74, 6) is 1.54. The normalized spacial score (nSPS) is 15.2. The van der Waals surface area contributed by atoms with Crippen molar-refractivity contribution in [1.82, 2.24) is 5.43 Å². The third-order valence-electron chi connectivity index (χ3n) is 4.54. The number of carbonyl (C=O) groups excluding carboxylic acids is 1. The molecule has 0 aromatic heterocycles. The van der Waals surface area contributed by atoms with E-state index in [0.29, 0.717) is 29.6 Å². The number of nitrogens with zero attached hydrogens (tertiary/aromatic N) is 1. The first kappa shape index (κ1) is 23.3. The predicted octanol–water partition coefficient (Wildman–Crippen LogP) is 3.89. The van der Waals surface area contributed by atoms with Gasteiger partial charge in [0.1, 0.15) is 22.8 Å². The zero-order valence-corrected chi connectivity index (χ0v) is 19.4. The standard InChI is InChI=1S/C23H27N3O5S/c1-5-29-21(27)14-30-17-10-11-20-18(12-17)19(13-23(2,3)31-20)25-26-22(32)24-15-6-8-16(28-4)9-7-15/h6-12H,5,13-14H2,1-4H3,(H2,24,26,32)/b25-19+. The summed E-state index contributed by atoms with van der Waals surface area (Å²) < 4.78 is 21.7. The van der Waals surface area contributed by atoms with Crippen LogP contribution in [0, 0.1) is 0 Å². The highest BCUT2D eigenvalue weighted by molar-refractivity contribution is 7.80. The molecule has 0 radical (unpaired) electrons. The zero-order chi connectivity index (χ0) is 23.1. The number of ether oxygens (including phenoxy) is 4. The number of rotatable bonds is 7. The van der Waals surface area contributed by atoms with E-state index in [4.69, 9.17) is 31.2 Å². The molecule has 1 aliphatic heterocycles. The molecule has 170 valence electrons. The number of esters is 1. The highest BCUT2D eigenvalue weighted by atomic mass is 32.1. The van der Waals surface area contributed by atoms with Gasteiger partial charge in [-0.3, -0.25) is 5.43 Å². The first-order valence-electron chi connectivity index (χ1n) is 10.2. The molecule has 8 nitrogen and oxygen atoms in total. The number of anilines is 1. The second-order valence-corrected chi connectivity index (χ2v) is 8.05. The maximum atomic E-state index is 11.6. The molecular formula is C23H27N3O5S. The van der Waals surface area contributed by atoms with Gasteiger partial charge in [-0.05, 0) is 75.5 Å². The van der Waals surface area contributed by atoms with Gasteiger partial charge in [0.2, 0.25) is 0 Å². The molecule has 2 N–H and O–H groups in total. The molecule has 1 heterocycles. The van der Waals surface area contributed by atoms with Gasteiger partial charge in [0.05, 0.1) is 19.4 Å². The van der Waals surface area contributed by atoms with Gasteiger partial charge >= 0.3 is 5.97 Å². The summed E-state index contributed by atoms with van der Waals surface area (Å²) in [4.78, 5) is 11.6. The van der Waals surface area contributed by atoms with Crippen LogP contribution in [-0.4, -0.2) is 42.7 Å². The van der Waals surface area contributed by atoms with E-state index in [1.54, 1.807) is 32.2 Å². The lowest BCUT2D eigenvalue weighted by atomic mass is 9.92. The topological polar surface area (TPSA) is 90.4 Å². The van der Waals surface area contributed by atoms with E-state index in [9.17, 15) is 4.79 Å². The second-order valence-electron chi connectivity index (χ2n) is 7.64. The van der Waals surface area contributed by atoms with Gasteiger partial charge in [0, 0.05) is 17.7 Å². The Kier molecular flexibility index (Phi) is 7.53. The van der Waals surface area contributed by atoms with Gasteiger partial charge in [0.25, 0.3) is 0 Å². The molecule has 9 heteroatoms. The first-order chi connectivity index (χ1) is 15.3. The Morgan fingerprint density at radius 3 is 2.59 bits per heavy atom. The summed E-state index contributed by atoms with van der Waals surface area (Å²) in [6.45, 7) is 5.87. The third-order valence-corrected chi connectivity index (χ3v) is 4.74. The molecule has 32 heavy (non-hydrogen) atoms. The van der Waals surface area contributed by atoms with Crippen LogP contribution < -0.4 is 25.0 Å². The molecule has 1 aliphatic rings. The van der Waals surface area contributed by atoms with Gasteiger partial charge in [-0.1, -0.05) is 0 Å². The Hall–Kier alpha value is -3.33. The third kappa shape index (κ3) is 6.34. The zero-order valence-electron chi connectivity index (χ0n) is 18.6. The Labute approximate surface area is 192 Å². The molecular weight excluding hydrogens is 430 g/mol. The van der Waals surface area contributed by atoms with Crippen molar-refractivity contribution in [2.45, 2.75) is 32.8 Å². The number of hydrogen-bond donors (Lipinski definition) is 2. The van der Waals surface area contributed by atoms with Crippen LogP contribution in [-0.2, 0) is 9.53 Å². The van der Waals surface area contributed by atoms with E-state index in [-0.39, 0.29) is 6.61 Å². The number of carbonyl (C=O) groups is 1. The predicted molar refractivity (Wildman–Crippen MR) is 127 cm³/mol. The molecule has 0 unspecified atom stereocenters. The smallest absolute Gasteiger partial charge is 0.344 e. The first-order valence-corrected chi connectivity index (χ1v) is 10.6. The lowest BCUT2D eigenvalue weighted by Gasteiger charge is -2.33. The molecule has 0 fully saturated rings. The second kappa shape index (κ2) is 10.3. The van der Waals surface area contributed by atoms with Crippen LogP contribution in [0.3, 0.4) is 0 Å². The van der Waals surface area contributed by atoms with E-state index in [2.05, 4.69) is 15.8 Å². The van der Waals surface area contributed by atoms with Gasteiger partial charge in [-0.25, -0.2) is 4.79 Å². The number of nitrogens with one attached hydrogen (secondary N) is 2. The number of hydrogen-bond acceptors (Lipinski definition) is 7. The van der Waals surface area contributed by atoms with Crippen LogP contribution >= 0.6 is 12.2 Å². The van der Waals surface area contributed by atoms with Crippen LogP contribution in [0.25, 0.3) is 0 Å². The van der Waals surface area contributed by atoms with Gasteiger partial charge < -0.3 is 24.3 Å². The van der Waals surface area contributed by atoms with Gasteiger partial charge in [0.15, 0.2) is 11.7 Å². The Morgan fingerprint density at radius 2 is 1.91 bits per heavy atom. The summed E-state index contributed by atoms with van der Waals surface area (Å²) in [7, 11) is 1.62. The Balaban J connectivity index is 1.73. The van der Waals surface area contributed by atoms with Crippen LogP contribution in [0.1, 0.15) is 32.8 Å². The van der Waals surface area contributed by atoms with Crippen LogP contribution in [0.2, 0.25) is 0 Å². The molecule has 2 aromatic rings. The molecule has 0 atom stereocenters. The van der Waals surface area contributed by atoms with Gasteiger partial charge in [-0.2, -0.15) is 5.10 Å². The van der Waals surface area contributed by atoms with E-state index >= 15 is 0 Å². The summed E-state index contributed by atoms with van der Waals surface area (Å²) in [6, 6.07) is 12.8.